The molecule has 1 aliphatic rings. The van der Waals surface area contributed by atoms with E-state index in [1.807, 2.05) is 60.7 Å². The Balaban J connectivity index is 1.57. The van der Waals surface area contributed by atoms with Gasteiger partial charge in [0.25, 0.3) is 5.69 Å². The maximum atomic E-state index is 12.0. The molecule has 0 fully saturated rings. The normalized spacial score (nSPS) is 16.4. The predicted octanol–water partition coefficient (Wildman–Crippen LogP) is 4.99. The van der Waals surface area contributed by atoms with E-state index in [0.29, 0.717) is 12.2 Å². The van der Waals surface area contributed by atoms with Crippen LogP contribution in [0.15, 0.2) is 103 Å². The molecule has 3 aromatic carbocycles. The summed E-state index contributed by atoms with van der Waals surface area (Å²) >= 11 is 0. The highest BCUT2D eigenvalue weighted by molar-refractivity contribution is 6.99. The number of non-ortho nitro benzene ring substituents is 1. The summed E-state index contributed by atoms with van der Waals surface area (Å²) in [7, 11) is -3.18. The van der Waals surface area contributed by atoms with Gasteiger partial charge in [-0.15, -0.1) is 0 Å². The van der Waals surface area contributed by atoms with Crippen LogP contribution < -0.4 is 20.8 Å². The number of nitrogen functional groups attached to an aromatic ring is 1. The first-order valence-corrected chi connectivity index (χ1v) is 16.9. The number of nitro groups is 2. The molecule has 4 aromatic rings. The van der Waals surface area contributed by atoms with E-state index >= 15 is 0 Å². The van der Waals surface area contributed by atoms with Gasteiger partial charge in [0.2, 0.25) is 11.7 Å². The number of hydrogen-bond acceptors (Lipinski definition) is 10. The summed E-state index contributed by atoms with van der Waals surface area (Å²) < 4.78 is 19.6. The van der Waals surface area contributed by atoms with E-state index in [0.717, 1.165) is 15.9 Å². The van der Waals surface area contributed by atoms with E-state index in [1.165, 1.54) is 18.2 Å². The molecule has 0 saturated carbocycles. The van der Waals surface area contributed by atoms with Crippen LogP contribution in [0.3, 0.4) is 0 Å². The summed E-state index contributed by atoms with van der Waals surface area (Å²) in [6.07, 6.45) is 0.280. The van der Waals surface area contributed by atoms with Gasteiger partial charge in [0.15, 0.2) is 0 Å². The number of benzene rings is 3. The van der Waals surface area contributed by atoms with Crippen molar-refractivity contribution in [1.82, 2.24) is 4.98 Å². The lowest BCUT2D eigenvalue weighted by Gasteiger charge is -2.43. The van der Waals surface area contributed by atoms with Gasteiger partial charge in [0.05, 0.1) is 28.6 Å². The Labute approximate surface area is 272 Å². The molecule has 0 amide bonds. The van der Waals surface area contributed by atoms with Crippen LogP contribution in [0.2, 0.25) is 5.04 Å². The zero-order chi connectivity index (χ0) is 33.8. The Morgan fingerprint density at radius 1 is 0.936 bits per heavy atom. The minimum Gasteiger partial charge on any atom is -0.535 e. The number of aromatic nitrogens is 1. The van der Waals surface area contributed by atoms with Crippen molar-refractivity contribution in [2.45, 2.75) is 44.4 Å². The van der Waals surface area contributed by atoms with Crippen LogP contribution in [-0.2, 0) is 15.6 Å². The molecule has 1 aliphatic heterocycles. The molecule has 2 heterocycles. The maximum absolute atomic E-state index is 12.0. The third-order valence-corrected chi connectivity index (χ3v) is 13.0. The molecule has 0 radical (unpaired) electrons. The highest BCUT2D eigenvalue weighted by atomic mass is 28.4. The molecule has 0 aliphatic carbocycles. The van der Waals surface area contributed by atoms with E-state index in [-0.39, 0.29) is 36.2 Å². The Morgan fingerprint density at radius 3 is 2.04 bits per heavy atom. The molecular formula is C34H36N4O8Si. The van der Waals surface area contributed by atoms with Crippen molar-refractivity contribution in [2.75, 3.05) is 18.9 Å². The highest BCUT2D eigenvalue weighted by Gasteiger charge is 2.54. The van der Waals surface area contributed by atoms with Gasteiger partial charge < -0.3 is 24.7 Å². The second-order valence-electron chi connectivity index (χ2n) is 12.1. The molecule has 0 bridgehead atoms. The zero-order valence-electron chi connectivity index (χ0n) is 26.2. The molecule has 12 nitrogen and oxygen atoms in total. The monoisotopic (exact) mass is 656 g/mol. The number of aliphatic hydroxyl groups is 1. The van der Waals surface area contributed by atoms with Crippen molar-refractivity contribution in [2.24, 2.45) is 0 Å². The predicted molar refractivity (Wildman–Crippen MR) is 179 cm³/mol. The number of nitro benzene ring substituents is 1. The van der Waals surface area contributed by atoms with Crippen molar-refractivity contribution in [3.8, 4) is 5.88 Å². The molecule has 13 heteroatoms. The molecule has 47 heavy (non-hydrogen) atoms. The van der Waals surface area contributed by atoms with Crippen molar-refractivity contribution >= 4 is 35.9 Å². The smallest absolute Gasteiger partial charge is 0.319 e. The van der Waals surface area contributed by atoms with E-state index in [4.69, 9.17) is 19.6 Å². The van der Waals surface area contributed by atoms with Gasteiger partial charge in [-0.1, -0.05) is 93.6 Å². The largest absolute Gasteiger partial charge is 0.535 e. The fourth-order valence-corrected chi connectivity index (χ4v) is 10.3. The number of ether oxygens (including phenoxy) is 2. The van der Waals surface area contributed by atoms with Gasteiger partial charge in [0.1, 0.15) is 18.0 Å². The second kappa shape index (κ2) is 13.7. The average Bonchev–Trinajstić information content (AvgIpc) is 3.46. The fourth-order valence-electron chi connectivity index (χ4n) is 5.80. The molecule has 1 aromatic heterocycles. The van der Waals surface area contributed by atoms with Crippen molar-refractivity contribution in [3.05, 3.63) is 134 Å². The number of pyridine rings is 1. The first-order chi connectivity index (χ1) is 22.4. The molecular weight excluding hydrogens is 620 g/mol. The standard InChI is InChI=1S/C34H36N4O8Si/c1-34(2,3)47(26-10-6-4-7-11-26,27-12-8-5-9-13-27)46-30-20-25(22-39)45-31(30)28-21-29(38(42)43)32(35)36-33(28)44-19-18-23-14-16-24(17-15-23)37(40)41/h4-17,20-21,25,31,39H,18-19,22H2,1-3H3,(H2,35,36). The number of nitrogens with two attached hydrogens (primary N) is 1. The third-order valence-electron chi connectivity index (χ3n) is 8.07. The molecule has 5 rings (SSSR count). The number of anilines is 1. The summed E-state index contributed by atoms with van der Waals surface area (Å²) in [5.74, 6) is 0.0502. The Morgan fingerprint density at radius 2 is 1.53 bits per heavy atom. The Bertz CT molecular complexity index is 1720. The van der Waals surface area contributed by atoms with Gasteiger partial charge in [-0.2, -0.15) is 4.98 Å². The topological polar surface area (TPSA) is 173 Å². The molecule has 2 atom stereocenters. The summed E-state index contributed by atoms with van der Waals surface area (Å²) in [5.41, 5.74) is 6.54. The summed E-state index contributed by atoms with van der Waals surface area (Å²) in [5, 5.41) is 34.8. The van der Waals surface area contributed by atoms with Gasteiger partial charge in [-0.25, -0.2) is 0 Å². The van der Waals surface area contributed by atoms with Crippen LogP contribution >= 0.6 is 0 Å². The fraction of sp³-hybridized carbons (Fsp3) is 0.265. The van der Waals surface area contributed by atoms with E-state index in [2.05, 4.69) is 25.8 Å². The van der Waals surface area contributed by atoms with Crippen LogP contribution in [0.5, 0.6) is 5.88 Å². The van der Waals surface area contributed by atoms with Gasteiger partial charge >= 0.3 is 14.0 Å². The van der Waals surface area contributed by atoms with Crippen molar-refractivity contribution in [3.63, 3.8) is 0 Å². The summed E-state index contributed by atoms with van der Waals surface area (Å²) in [6, 6.07) is 27.3. The first kappa shape index (κ1) is 33.3. The lowest BCUT2D eigenvalue weighted by atomic mass is 10.1. The van der Waals surface area contributed by atoms with Crippen molar-refractivity contribution in [1.29, 1.82) is 0 Å². The number of nitrogens with zero attached hydrogens (tertiary/aromatic N) is 3. The van der Waals surface area contributed by atoms with E-state index < -0.39 is 41.1 Å². The molecule has 0 spiro atoms. The van der Waals surface area contributed by atoms with Crippen molar-refractivity contribution < 1.29 is 28.9 Å². The molecule has 244 valence electrons. The molecule has 2 unspecified atom stereocenters. The SMILES string of the molecule is CC(C)(C)[Si](OC1=CC(CO)OC1c1cc([N+](=O)[O-])c(N)nc1OCCc1ccc([N+](=O)[O-])cc1)(c1ccccc1)c1ccccc1. The maximum Gasteiger partial charge on any atom is 0.319 e. The van der Waals surface area contributed by atoms with Crippen LogP contribution in [-0.4, -0.2) is 47.6 Å². The second-order valence-corrected chi connectivity index (χ2v) is 16.4. The van der Waals surface area contributed by atoms with Gasteiger partial charge in [0, 0.05) is 24.6 Å². The zero-order valence-corrected chi connectivity index (χ0v) is 27.2. The highest BCUT2D eigenvalue weighted by Crippen LogP contribution is 2.45. The Kier molecular flexibility index (Phi) is 9.70. The molecule has 3 N–H and O–H groups in total. The minimum atomic E-state index is -3.18. The van der Waals surface area contributed by atoms with Gasteiger partial charge in [-0.3, -0.25) is 20.2 Å². The lowest BCUT2D eigenvalue weighted by molar-refractivity contribution is -0.384. The first-order valence-electron chi connectivity index (χ1n) is 15.0. The summed E-state index contributed by atoms with van der Waals surface area (Å²) in [4.78, 5) is 26.2. The lowest BCUT2D eigenvalue weighted by Crippen LogP contribution is -2.66. The van der Waals surface area contributed by atoms with Gasteiger partial charge in [-0.05, 0) is 27.1 Å². The van der Waals surface area contributed by atoms with Crippen LogP contribution in [0, 0.1) is 20.2 Å². The third kappa shape index (κ3) is 6.87. The van der Waals surface area contributed by atoms with Crippen LogP contribution in [0.25, 0.3) is 0 Å². The number of hydrogen-bond donors (Lipinski definition) is 2. The average molecular weight is 657 g/mol. The van der Waals surface area contributed by atoms with Crippen LogP contribution in [0.1, 0.15) is 38.0 Å². The number of rotatable bonds is 12. The Hall–Kier alpha value is -5.11. The minimum absolute atomic E-state index is 0.00977. The van der Waals surface area contributed by atoms with E-state index in [9.17, 15) is 25.3 Å². The van der Waals surface area contributed by atoms with Crippen LogP contribution in [0.4, 0.5) is 17.2 Å². The molecule has 0 saturated heterocycles. The van der Waals surface area contributed by atoms with E-state index in [1.54, 1.807) is 18.2 Å². The quantitative estimate of drug-likeness (QED) is 0.120. The summed E-state index contributed by atoms with van der Waals surface area (Å²) in [6.45, 7) is 6.09. The number of aliphatic hydroxyl groups excluding tert-OH is 1.